The van der Waals surface area contributed by atoms with E-state index in [0.717, 1.165) is 41.5 Å². The van der Waals surface area contributed by atoms with Gasteiger partial charge in [-0.25, -0.2) is 0 Å². The number of hydrogen-bond donors (Lipinski definition) is 0. The summed E-state index contributed by atoms with van der Waals surface area (Å²) in [4.78, 5) is 13.4. The van der Waals surface area contributed by atoms with Crippen molar-refractivity contribution in [1.29, 1.82) is 0 Å². The highest BCUT2D eigenvalue weighted by Gasteiger charge is 2.38. The summed E-state index contributed by atoms with van der Waals surface area (Å²) in [7, 11) is 0. The summed E-state index contributed by atoms with van der Waals surface area (Å²) in [5.41, 5.74) is 18.6. The highest BCUT2D eigenvalue weighted by molar-refractivity contribution is 6.13. The van der Waals surface area contributed by atoms with Crippen molar-refractivity contribution in [3.05, 3.63) is 171 Å². The standard InChI is InChI=1S/C43H31NO/c1-43(2)38-13-7-5-11-33(38)35-17-18-36-34-12-6-8-14-39(34)44(41(36)40(35)43)31-16-15-25-19-29-24-37-30(22-27(29)21-28(25)23-31)20-26-9-3-4-10-32(26)42(37)45/h3-18,22-24H,19-21H2,1-2H3. The van der Waals surface area contributed by atoms with Gasteiger partial charge in [0.05, 0.1) is 11.0 Å². The van der Waals surface area contributed by atoms with Crippen molar-refractivity contribution in [2.75, 3.05) is 0 Å². The molecule has 0 aliphatic heterocycles. The van der Waals surface area contributed by atoms with E-state index in [1.807, 2.05) is 18.2 Å². The van der Waals surface area contributed by atoms with Gasteiger partial charge in [-0.05, 0) is 99.2 Å². The van der Waals surface area contributed by atoms with Crippen molar-refractivity contribution < 1.29 is 4.79 Å². The zero-order valence-corrected chi connectivity index (χ0v) is 25.4. The molecule has 0 spiro atoms. The van der Waals surface area contributed by atoms with Gasteiger partial charge in [0.25, 0.3) is 0 Å². The lowest BCUT2D eigenvalue weighted by Gasteiger charge is -2.26. The van der Waals surface area contributed by atoms with Crippen LogP contribution >= 0.6 is 0 Å². The summed E-state index contributed by atoms with van der Waals surface area (Å²) >= 11 is 0. The van der Waals surface area contributed by atoms with Crippen LogP contribution in [0.3, 0.4) is 0 Å². The average molecular weight is 578 g/mol. The molecular weight excluding hydrogens is 546 g/mol. The Balaban J connectivity index is 1.15. The van der Waals surface area contributed by atoms with Crippen molar-refractivity contribution in [3.63, 3.8) is 0 Å². The van der Waals surface area contributed by atoms with Crippen LogP contribution in [0.15, 0.2) is 115 Å². The van der Waals surface area contributed by atoms with E-state index in [9.17, 15) is 4.79 Å². The Morgan fingerprint density at radius 3 is 2.16 bits per heavy atom. The Hall–Kier alpha value is -5.21. The number of carbonyl (C=O) groups is 1. The van der Waals surface area contributed by atoms with E-state index in [1.54, 1.807) is 0 Å². The second-order valence-corrected chi connectivity index (χ2v) is 13.7. The number of nitrogens with zero attached hydrogens (tertiary/aromatic N) is 1. The topological polar surface area (TPSA) is 22.0 Å². The number of carbonyl (C=O) groups excluding carboxylic acids is 1. The van der Waals surface area contributed by atoms with Gasteiger partial charge in [0, 0.05) is 33.0 Å². The Morgan fingerprint density at radius 1 is 0.533 bits per heavy atom. The van der Waals surface area contributed by atoms with Gasteiger partial charge < -0.3 is 4.57 Å². The first kappa shape index (κ1) is 25.2. The zero-order valence-electron chi connectivity index (χ0n) is 25.4. The van der Waals surface area contributed by atoms with Crippen LogP contribution in [-0.4, -0.2) is 10.4 Å². The summed E-state index contributed by atoms with van der Waals surface area (Å²) in [5.74, 6) is 0.166. The largest absolute Gasteiger partial charge is 0.309 e. The lowest BCUT2D eigenvalue weighted by Crippen LogP contribution is -2.18. The molecule has 0 bridgehead atoms. The lowest BCUT2D eigenvalue weighted by molar-refractivity contribution is 0.103. The van der Waals surface area contributed by atoms with Crippen LogP contribution in [-0.2, 0) is 24.7 Å². The Kier molecular flexibility index (Phi) is 4.86. The van der Waals surface area contributed by atoms with Crippen molar-refractivity contribution >= 4 is 27.6 Å². The molecule has 0 unspecified atom stereocenters. The number of ketones is 1. The van der Waals surface area contributed by atoms with Gasteiger partial charge in [-0.3, -0.25) is 4.79 Å². The molecule has 0 fully saturated rings. The van der Waals surface area contributed by atoms with Crippen molar-refractivity contribution in [2.45, 2.75) is 38.5 Å². The number of hydrogen-bond acceptors (Lipinski definition) is 1. The third-order valence-electron chi connectivity index (χ3n) is 10.9. The van der Waals surface area contributed by atoms with Crippen molar-refractivity contribution in [3.8, 4) is 16.8 Å². The molecule has 6 aromatic carbocycles. The monoisotopic (exact) mass is 577 g/mol. The van der Waals surface area contributed by atoms with Gasteiger partial charge in [-0.15, -0.1) is 0 Å². The minimum atomic E-state index is -0.111. The van der Waals surface area contributed by atoms with E-state index < -0.39 is 0 Å². The molecular formula is C43H31NO. The summed E-state index contributed by atoms with van der Waals surface area (Å²) < 4.78 is 2.52. The third kappa shape index (κ3) is 3.32. The molecule has 0 saturated heterocycles. The molecule has 2 nitrogen and oxygen atoms in total. The molecule has 1 heterocycles. The van der Waals surface area contributed by atoms with Gasteiger partial charge >= 0.3 is 0 Å². The van der Waals surface area contributed by atoms with Crippen LogP contribution in [0.4, 0.5) is 0 Å². The Bertz CT molecular complexity index is 2450. The highest BCUT2D eigenvalue weighted by Crippen LogP contribution is 2.53. The summed E-state index contributed by atoms with van der Waals surface area (Å²) in [5, 5.41) is 2.60. The molecule has 0 saturated carbocycles. The van der Waals surface area contributed by atoms with E-state index in [1.165, 1.54) is 72.0 Å². The molecule has 1 aromatic heterocycles. The molecule has 2 heteroatoms. The Morgan fingerprint density at radius 2 is 1.24 bits per heavy atom. The smallest absolute Gasteiger partial charge is 0.193 e. The number of aromatic nitrogens is 1. The summed E-state index contributed by atoms with van der Waals surface area (Å²) in [6, 6.07) is 42.1. The van der Waals surface area contributed by atoms with Crippen LogP contribution in [0, 0.1) is 0 Å². The molecule has 45 heavy (non-hydrogen) atoms. The number of para-hydroxylation sites is 1. The molecule has 214 valence electrons. The van der Waals surface area contributed by atoms with Gasteiger partial charge in [-0.2, -0.15) is 0 Å². The first-order valence-electron chi connectivity index (χ1n) is 16.0. The average Bonchev–Trinajstić information content (AvgIpc) is 3.52. The van der Waals surface area contributed by atoms with Crippen LogP contribution in [0.1, 0.15) is 74.3 Å². The summed E-state index contributed by atoms with van der Waals surface area (Å²) in [6.45, 7) is 4.76. The van der Waals surface area contributed by atoms with Crippen LogP contribution in [0.5, 0.6) is 0 Å². The van der Waals surface area contributed by atoms with Gasteiger partial charge in [0.1, 0.15) is 0 Å². The van der Waals surface area contributed by atoms with Gasteiger partial charge in [-0.1, -0.05) is 105 Å². The lowest BCUT2D eigenvalue weighted by atomic mass is 9.78. The van der Waals surface area contributed by atoms with E-state index >= 15 is 0 Å². The molecule has 7 aromatic rings. The van der Waals surface area contributed by atoms with E-state index in [-0.39, 0.29) is 11.2 Å². The predicted molar refractivity (Wildman–Crippen MR) is 183 cm³/mol. The van der Waals surface area contributed by atoms with E-state index in [0.29, 0.717) is 0 Å². The van der Waals surface area contributed by atoms with Gasteiger partial charge in [0.15, 0.2) is 5.78 Å². The second kappa shape index (κ2) is 8.70. The minimum Gasteiger partial charge on any atom is -0.309 e. The fraction of sp³-hybridized carbons (Fsp3) is 0.140. The zero-order chi connectivity index (χ0) is 30.0. The number of fused-ring (bicyclic) bond motifs is 11. The fourth-order valence-electron chi connectivity index (χ4n) is 8.75. The fourth-order valence-corrected chi connectivity index (χ4v) is 8.75. The van der Waals surface area contributed by atoms with Gasteiger partial charge in [0.2, 0.25) is 0 Å². The second-order valence-electron chi connectivity index (χ2n) is 13.7. The minimum absolute atomic E-state index is 0.111. The quantitative estimate of drug-likeness (QED) is 0.190. The molecule has 10 rings (SSSR count). The maximum atomic E-state index is 13.4. The molecule has 0 radical (unpaired) electrons. The van der Waals surface area contributed by atoms with E-state index in [2.05, 4.69) is 115 Å². The van der Waals surface area contributed by atoms with Crippen molar-refractivity contribution in [2.24, 2.45) is 0 Å². The first-order valence-corrected chi connectivity index (χ1v) is 16.0. The SMILES string of the molecule is CC1(C)c2ccccc2-c2ccc3c4ccccc4n(-c4ccc5c(c4)Cc4cc6c(cc4C5)C(=O)c4ccccc4C6)c3c21. The molecule has 0 atom stereocenters. The number of benzene rings is 6. The van der Waals surface area contributed by atoms with Crippen LogP contribution < -0.4 is 0 Å². The molecule has 3 aliphatic rings. The predicted octanol–water partition coefficient (Wildman–Crippen LogP) is 9.72. The van der Waals surface area contributed by atoms with E-state index in [4.69, 9.17) is 0 Å². The van der Waals surface area contributed by atoms with Crippen LogP contribution in [0.2, 0.25) is 0 Å². The normalized spacial score (nSPS) is 15.3. The first-order chi connectivity index (χ1) is 22.0. The molecule has 0 N–H and O–H groups in total. The maximum Gasteiger partial charge on any atom is 0.193 e. The maximum absolute atomic E-state index is 13.4. The highest BCUT2D eigenvalue weighted by atomic mass is 16.1. The molecule has 0 amide bonds. The summed E-state index contributed by atoms with van der Waals surface area (Å²) in [6.07, 6.45) is 2.56. The third-order valence-corrected chi connectivity index (χ3v) is 10.9. The molecule has 3 aliphatic carbocycles. The van der Waals surface area contributed by atoms with Crippen molar-refractivity contribution in [1.82, 2.24) is 4.57 Å². The Labute approximate surface area is 262 Å². The van der Waals surface area contributed by atoms with Crippen LogP contribution in [0.25, 0.3) is 38.6 Å². The number of rotatable bonds is 1.